The first-order valence-electron chi connectivity index (χ1n) is 9.48. The number of hydrogen-bond donors (Lipinski definition) is 1. The highest BCUT2D eigenvalue weighted by Crippen LogP contribution is 2.20. The molecule has 0 amide bonds. The summed E-state index contributed by atoms with van der Waals surface area (Å²) in [6.07, 6.45) is 0.747. The molecule has 0 aliphatic rings. The van der Waals surface area contributed by atoms with Crippen LogP contribution in [-0.4, -0.2) is 15.7 Å². The number of hydrogen-bond acceptors (Lipinski definition) is 2. The van der Waals surface area contributed by atoms with E-state index in [0.29, 0.717) is 31.1 Å². The number of nitrogens with zero attached hydrogens (tertiary/aromatic N) is 2. The third-order valence-corrected chi connectivity index (χ3v) is 5.64. The molecule has 0 saturated heterocycles. The molecule has 4 nitrogen and oxygen atoms in total. The lowest BCUT2D eigenvalue weighted by Gasteiger charge is -2.08. The van der Waals surface area contributed by atoms with Crippen molar-refractivity contribution in [3.8, 4) is 5.75 Å². The summed E-state index contributed by atoms with van der Waals surface area (Å²) in [6.45, 7) is 1.80. The third-order valence-electron chi connectivity index (χ3n) is 4.87. The summed E-state index contributed by atoms with van der Waals surface area (Å²) in [5, 5.41) is 8.75. The van der Waals surface area contributed by atoms with Gasteiger partial charge in [-0.2, -0.15) is 0 Å². The Hall–Kier alpha value is -2.86. The molecule has 1 heterocycles. The van der Waals surface area contributed by atoms with E-state index in [2.05, 4.69) is 28.1 Å². The molecule has 0 unspecified atom stereocenters. The molecular formula is C23H21BrFN3O. The zero-order valence-corrected chi connectivity index (χ0v) is 17.4. The van der Waals surface area contributed by atoms with E-state index in [4.69, 9.17) is 10.1 Å². The average Bonchev–Trinajstić information content (AvgIpc) is 3.00. The van der Waals surface area contributed by atoms with Crippen molar-refractivity contribution >= 4 is 27.0 Å². The fourth-order valence-corrected chi connectivity index (χ4v) is 3.83. The van der Waals surface area contributed by atoms with Crippen molar-refractivity contribution in [1.82, 2.24) is 9.13 Å². The minimum atomic E-state index is -0.274. The molecule has 148 valence electrons. The number of ether oxygens (including phenoxy) is 1. The molecule has 1 N–H and O–H groups in total. The second-order valence-corrected chi connectivity index (χ2v) is 7.65. The van der Waals surface area contributed by atoms with Crippen LogP contribution in [0.2, 0.25) is 0 Å². The van der Waals surface area contributed by atoms with Crippen molar-refractivity contribution in [3.63, 3.8) is 0 Å². The Morgan fingerprint density at radius 3 is 2.24 bits per heavy atom. The Morgan fingerprint density at radius 2 is 1.52 bits per heavy atom. The fourth-order valence-electron chi connectivity index (χ4n) is 3.42. The summed E-state index contributed by atoms with van der Waals surface area (Å²) < 4.78 is 23.8. The maximum absolute atomic E-state index is 13.0. The fraction of sp³-hybridized carbons (Fsp3) is 0.174. The summed E-state index contributed by atoms with van der Waals surface area (Å²) in [4.78, 5) is 0. The van der Waals surface area contributed by atoms with Gasteiger partial charge >= 0.3 is 0 Å². The lowest BCUT2D eigenvalue weighted by molar-refractivity contribution is 0.300. The first kappa shape index (κ1) is 19.5. The highest BCUT2D eigenvalue weighted by molar-refractivity contribution is 9.10. The van der Waals surface area contributed by atoms with E-state index in [1.165, 1.54) is 12.1 Å². The number of rotatable bonds is 7. The first-order valence-corrected chi connectivity index (χ1v) is 10.3. The maximum atomic E-state index is 13.0. The SMILES string of the molecule is N=c1n(CCCOc2ccc(F)cc2)c2ccccc2n1Cc1ccccc1Br. The predicted octanol–water partition coefficient (Wildman–Crippen LogP) is 5.34. The van der Waals surface area contributed by atoms with Crippen LogP contribution >= 0.6 is 15.9 Å². The Labute approximate surface area is 176 Å². The van der Waals surface area contributed by atoms with Crippen LogP contribution in [-0.2, 0) is 13.1 Å². The number of nitrogens with one attached hydrogen (secondary N) is 1. The lowest BCUT2D eigenvalue weighted by atomic mass is 10.2. The van der Waals surface area contributed by atoms with E-state index >= 15 is 0 Å². The van der Waals surface area contributed by atoms with Crippen molar-refractivity contribution in [2.45, 2.75) is 19.5 Å². The van der Waals surface area contributed by atoms with E-state index in [1.54, 1.807) is 12.1 Å². The highest BCUT2D eigenvalue weighted by atomic mass is 79.9. The molecule has 0 radical (unpaired) electrons. The molecule has 0 aliphatic carbocycles. The largest absolute Gasteiger partial charge is 0.494 e. The second-order valence-electron chi connectivity index (χ2n) is 6.80. The van der Waals surface area contributed by atoms with Gasteiger partial charge in [0.2, 0.25) is 5.62 Å². The second kappa shape index (κ2) is 8.66. The zero-order valence-electron chi connectivity index (χ0n) is 15.8. The van der Waals surface area contributed by atoms with E-state index in [1.807, 2.05) is 45.5 Å². The van der Waals surface area contributed by atoms with Gasteiger partial charge in [-0.25, -0.2) is 4.39 Å². The van der Waals surface area contributed by atoms with Gasteiger partial charge in [-0.05, 0) is 54.4 Å². The molecule has 6 heteroatoms. The van der Waals surface area contributed by atoms with Crippen LogP contribution in [0.3, 0.4) is 0 Å². The van der Waals surface area contributed by atoms with E-state index in [0.717, 1.165) is 27.5 Å². The minimum Gasteiger partial charge on any atom is -0.494 e. The van der Waals surface area contributed by atoms with Crippen LogP contribution in [0, 0.1) is 11.2 Å². The normalized spacial score (nSPS) is 11.1. The van der Waals surface area contributed by atoms with Gasteiger partial charge in [0.1, 0.15) is 11.6 Å². The molecule has 0 bridgehead atoms. The topological polar surface area (TPSA) is 42.9 Å². The number of para-hydroxylation sites is 2. The van der Waals surface area contributed by atoms with Gasteiger partial charge < -0.3 is 13.9 Å². The molecule has 0 spiro atoms. The van der Waals surface area contributed by atoms with Gasteiger partial charge in [0, 0.05) is 11.0 Å². The Morgan fingerprint density at radius 1 is 0.862 bits per heavy atom. The molecule has 0 fully saturated rings. The van der Waals surface area contributed by atoms with Gasteiger partial charge in [0.25, 0.3) is 0 Å². The highest BCUT2D eigenvalue weighted by Gasteiger charge is 2.12. The zero-order chi connectivity index (χ0) is 20.2. The predicted molar refractivity (Wildman–Crippen MR) is 116 cm³/mol. The third kappa shape index (κ3) is 4.27. The number of benzene rings is 3. The maximum Gasteiger partial charge on any atom is 0.203 e. The molecular weight excluding hydrogens is 433 g/mol. The van der Waals surface area contributed by atoms with Gasteiger partial charge in [-0.15, -0.1) is 0 Å². The van der Waals surface area contributed by atoms with Crippen molar-refractivity contribution in [2.24, 2.45) is 0 Å². The summed E-state index contributed by atoms with van der Waals surface area (Å²) >= 11 is 3.61. The summed E-state index contributed by atoms with van der Waals surface area (Å²) in [6, 6.07) is 22.2. The van der Waals surface area contributed by atoms with E-state index in [9.17, 15) is 4.39 Å². The van der Waals surface area contributed by atoms with Crippen LogP contribution in [0.1, 0.15) is 12.0 Å². The molecule has 29 heavy (non-hydrogen) atoms. The van der Waals surface area contributed by atoms with Crippen LogP contribution in [0.25, 0.3) is 11.0 Å². The van der Waals surface area contributed by atoms with Crippen molar-refractivity contribution in [2.75, 3.05) is 6.61 Å². The molecule has 1 aromatic heterocycles. The summed E-state index contributed by atoms with van der Waals surface area (Å²) in [7, 11) is 0. The average molecular weight is 454 g/mol. The lowest BCUT2D eigenvalue weighted by Crippen LogP contribution is -2.25. The Balaban J connectivity index is 1.53. The number of aryl methyl sites for hydroxylation is 1. The number of imidazole rings is 1. The Kier molecular flexibility index (Phi) is 5.81. The smallest absolute Gasteiger partial charge is 0.203 e. The molecule has 4 rings (SSSR count). The number of fused-ring (bicyclic) bond motifs is 1. The molecule has 4 aromatic rings. The van der Waals surface area contributed by atoms with Crippen LogP contribution < -0.4 is 10.4 Å². The Bertz CT molecular complexity index is 1180. The van der Waals surface area contributed by atoms with Gasteiger partial charge in [0.05, 0.1) is 24.2 Å². The summed E-state index contributed by atoms with van der Waals surface area (Å²) in [5.41, 5.74) is 3.66. The van der Waals surface area contributed by atoms with Crippen LogP contribution in [0.5, 0.6) is 5.75 Å². The van der Waals surface area contributed by atoms with Crippen molar-refractivity contribution in [1.29, 1.82) is 5.41 Å². The standard InChI is InChI=1S/C23H21BrFN3O/c24-20-7-2-1-6-17(20)16-28-22-9-4-3-8-21(22)27(23(28)26)14-5-15-29-19-12-10-18(25)11-13-19/h1-4,6-13,26H,5,14-16H2. The van der Waals surface area contributed by atoms with Gasteiger partial charge in [0.15, 0.2) is 0 Å². The molecule has 3 aromatic carbocycles. The van der Waals surface area contributed by atoms with Crippen molar-refractivity contribution in [3.05, 3.63) is 94.3 Å². The van der Waals surface area contributed by atoms with Gasteiger partial charge in [-0.1, -0.05) is 46.3 Å². The van der Waals surface area contributed by atoms with Crippen LogP contribution in [0.15, 0.2) is 77.3 Å². The monoisotopic (exact) mass is 453 g/mol. The van der Waals surface area contributed by atoms with E-state index < -0.39 is 0 Å². The van der Waals surface area contributed by atoms with Crippen molar-refractivity contribution < 1.29 is 9.13 Å². The molecule has 0 atom stereocenters. The quantitative estimate of drug-likeness (QED) is 0.377. The number of aromatic nitrogens is 2. The summed E-state index contributed by atoms with van der Waals surface area (Å²) in [5.74, 6) is 0.378. The first-order chi connectivity index (χ1) is 14.1. The van der Waals surface area contributed by atoms with E-state index in [-0.39, 0.29) is 5.82 Å². The van der Waals surface area contributed by atoms with Crippen LogP contribution in [0.4, 0.5) is 4.39 Å². The number of halogens is 2. The molecule has 0 saturated carbocycles. The van der Waals surface area contributed by atoms with Gasteiger partial charge in [-0.3, -0.25) is 5.41 Å². The minimum absolute atomic E-state index is 0.274. The molecule has 0 aliphatic heterocycles.